The SMILES string of the molecule is CC(=O)c1ccccc1OCCN(C)Cc1ccoc1. The Labute approximate surface area is 119 Å². The molecule has 106 valence electrons. The van der Waals surface area contributed by atoms with Crippen LogP contribution in [0.15, 0.2) is 47.3 Å². The van der Waals surface area contributed by atoms with Crippen LogP contribution in [0, 0.1) is 0 Å². The summed E-state index contributed by atoms with van der Waals surface area (Å²) >= 11 is 0. The maximum Gasteiger partial charge on any atom is 0.163 e. The van der Waals surface area contributed by atoms with Crippen LogP contribution >= 0.6 is 0 Å². The molecule has 0 aliphatic heterocycles. The Morgan fingerprint density at radius 3 is 2.80 bits per heavy atom. The largest absolute Gasteiger partial charge is 0.491 e. The first kappa shape index (κ1) is 14.3. The molecule has 0 amide bonds. The van der Waals surface area contributed by atoms with Crippen LogP contribution in [0.1, 0.15) is 22.8 Å². The van der Waals surface area contributed by atoms with Crippen molar-refractivity contribution in [3.8, 4) is 5.75 Å². The molecule has 0 radical (unpaired) electrons. The third-order valence-electron chi connectivity index (χ3n) is 3.03. The smallest absolute Gasteiger partial charge is 0.163 e. The molecule has 1 heterocycles. The lowest BCUT2D eigenvalue weighted by Gasteiger charge is -2.16. The van der Waals surface area contributed by atoms with Gasteiger partial charge in [-0.15, -0.1) is 0 Å². The highest BCUT2D eigenvalue weighted by Gasteiger charge is 2.08. The Balaban J connectivity index is 1.82. The molecule has 0 fully saturated rings. The van der Waals surface area contributed by atoms with Crippen LogP contribution in [0.25, 0.3) is 0 Å². The average Bonchev–Trinajstić information content (AvgIpc) is 2.92. The zero-order valence-electron chi connectivity index (χ0n) is 11.8. The number of carbonyl (C=O) groups is 1. The van der Waals surface area contributed by atoms with E-state index < -0.39 is 0 Å². The summed E-state index contributed by atoms with van der Waals surface area (Å²) in [5, 5.41) is 0. The summed E-state index contributed by atoms with van der Waals surface area (Å²) in [5.41, 5.74) is 1.77. The van der Waals surface area contributed by atoms with Gasteiger partial charge in [-0.1, -0.05) is 12.1 Å². The van der Waals surface area contributed by atoms with Gasteiger partial charge in [0.05, 0.1) is 18.1 Å². The molecule has 1 aromatic heterocycles. The average molecular weight is 273 g/mol. The Bertz CT molecular complexity index is 549. The number of carbonyl (C=O) groups excluding carboxylic acids is 1. The van der Waals surface area contributed by atoms with E-state index in [0.29, 0.717) is 17.9 Å². The number of benzene rings is 1. The number of furan rings is 1. The minimum atomic E-state index is 0.0207. The van der Waals surface area contributed by atoms with E-state index in [0.717, 1.165) is 18.7 Å². The standard InChI is InChI=1S/C16H19NO3/c1-13(18)15-5-3-4-6-16(15)20-10-8-17(2)11-14-7-9-19-12-14/h3-7,9,12H,8,10-11H2,1-2H3. The van der Waals surface area contributed by atoms with E-state index >= 15 is 0 Å². The van der Waals surface area contributed by atoms with Crippen molar-refractivity contribution in [1.82, 2.24) is 4.90 Å². The predicted octanol–water partition coefficient (Wildman–Crippen LogP) is 2.99. The van der Waals surface area contributed by atoms with Crippen molar-refractivity contribution in [2.45, 2.75) is 13.5 Å². The van der Waals surface area contributed by atoms with E-state index in [1.807, 2.05) is 31.3 Å². The van der Waals surface area contributed by atoms with Gasteiger partial charge in [0.25, 0.3) is 0 Å². The zero-order valence-corrected chi connectivity index (χ0v) is 11.8. The normalized spacial score (nSPS) is 10.8. The minimum absolute atomic E-state index is 0.0207. The van der Waals surface area contributed by atoms with E-state index in [2.05, 4.69) is 4.90 Å². The summed E-state index contributed by atoms with van der Waals surface area (Å²) in [7, 11) is 2.02. The summed E-state index contributed by atoms with van der Waals surface area (Å²) in [6, 6.07) is 9.27. The van der Waals surface area contributed by atoms with Crippen LogP contribution in [0.4, 0.5) is 0 Å². The number of ketones is 1. The lowest BCUT2D eigenvalue weighted by molar-refractivity contribution is 0.101. The molecular formula is C16H19NO3. The van der Waals surface area contributed by atoms with Crippen LogP contribution in [-0.2, 0) is 6.54 Å². The van der Waals surface area contributed by atoms with Gasteiger partial charge in [-0.3, -0.25) is 9.69 Å². The molecule has 0 bridgehead atoms. The summed E-state index contributed by atoms with van der Waals surface area (Å²) < 4.78 is 10.7. The van der Waals surface area contributed by atoms with Gasteiger partial charge in [0.2, 0.25) is 0 Å². The third-order valence-corrected chi connectivity index (χ3v) is 3.03. The zero-order chi connectivity index (χ0) is 14.4. The van der Waals surface area contributed by atoms with Gasteiger partial charge in [-0.05, 0) is 32.2 Å². The number of nitrogens with zero attached hydrogens (tertiary/aromatic N) is 1. The highest BCUT2D eigenvalue weighted by atomic mass is 16.5. The van der Waals surface area contributed by atoms with Crippen molar-refractivity contribution in [2.24, 2.45) is 0 Å². The van der Waals surface area contributed by atoms with E-state index in [1.165, 1.54) is 0 Å². The molecule has 0 atom stereocenters. The van der Waals surface area contributed by atoms with Crippen molar-refractivity contribution in [1.29, 1.82) is 0 Å². The second-order valence-corrected chi connectivity index (χ2v) is 4.77. The molecule has 0 unspecified atom stereocenters. The summed E-state index contributed by atoms with van der Waals surface area (Å²) in [4.78, 5) is 13.6. The van der Waals surface area contributed by atoms with Gasteiger partial charge in [-0.2, -0.15) is 0 Å². The third kappa shape index (κ3) is 3.96. The topological polar surface area (TPSA) is 42.7 Å². The molecule has 0 saturated heterocycles. The fraction of sp³-hybridized carbons (Fsp3) is 0.312. The van der Waals surface area contributed by atoms with Crippen LogP contribution in [0.2, 0.25) is 0 Å². The van der Waals surface area contributed by atoms with Crippen molar-refractivity contribution in [2.75, 3.05) is 20.2 Å². The van der Waals surface area contributed by atoms with Crippen LogP contribution in [0.3, 0.4) is 0 Å². The number of likely N-dealkylation sites (N-methyl/N-ethyl adjacent to an activating group) is 1. The molecule has 0 saturated carbocycles. The number of Topliss-reactive ketones (excluding diaryl/α,β-unsaturated/α-hetero) is 1. The van der Waals surface area contributed by atoms with Gasteiger partial charge in [-0.25, -0.2) is 0 Å². The van der Waals surface area contributed by atoms with Gasteiger partial charge < -0.3 is 9.15 Å². The van der Waals surface area contributed by atoms with Gasteiger partial charge in [0.15, 0.2) is 5.78 Å². The van der Waals surface area contributed by atoms with Crippen molar-refractivity contribution < 1.29 is 13.9 Å². The molecule has 2 rings (SSSR count). The van der Waals surface area contributed by atoms with Crippen LogP contribution in [0.5, 0.6) is 5.75 Å². The Hall–Kier alpha value is -2.07. The summed E-state index contributed by atoms with van der Waals surface area (Å²) in [6.45, 7) is 3.68. The quantitative estimate of drug-likeness (QED) is 0.727. The first-order chi connectivity index (χ1) is 9.66. The highest BCUT2D eigenvalue weighted by molar-refractivity contribution is 5.96. The number of ether oxygens (including phenoxy) is 1. The molecule has 0 aliphatic carbocycles. The molecule has 0 aliphatic rings. The molecule has 2 aromatic rings. The number of hydrogen-bond acceptors (Lipinski definition) is 4. The first-order valence-corrected chi connectivity index (χ1v) is 6.59. The summed E-state index contributed by atoms with van der Waals surface area (Å²) in [6.07, 6.45) is 3.41. The predicted molar refractivity (Wildman–Crippen MR) is 77.0 cm³/mol. The second-order valence-electron chi connectivity index (χ2n) is 4.77. The molecule has 4 nitrogen and oxygen atoms in total. The van der Waals surface area contributed by atoms with E-state index in [1.54, 1.807) is 25.5 Å². The second kappa shape index (κ2) is 6.91. The highest BCUT2D eigenvalue weighted by Crippen LogP contribution is 2.18. The molecule has 4 heteroatoms. The molecule has 1 aromatic carbocycles. The first-order valence-electron chi connectivity index (χ1n) is 6.59. The van der Waals surface area contributed by atoms with E-state index in [9.17, 15) is 4.79 Å². The van der Waals surface area contributed by atoms with Crippen LogP contribution in [-0.4, -0.2) is 30.9 Å². The van der Waals surface area contributed by atoms with Crippen molar-refractivity contribution in [3.05, 3.63) is 54.0 Å². The molecule has 0 spiro atoms. The summed E-state index contributed by atoms with van der Waals surface area (Å²) in [5.74, 6) is 0.670. The van der Waals surface area contributed by atoms with E-state index in [-0.39, 0.29) is 5.78 Å². The van der Waals surface area contributed by atoms with Crippen LogP contribution < -0.4 is 4.74 Å². The lowest BCUT2D eigenvalue weighted by Crippen LogP contribution is -2.23. The Morgan fingerprint density at radius 2 is 2.10 bits per heavy atom. The fourth-order valence-corrected chi connectivity index (χ4v) is 1.97. The fourth-order valence-electron chi connectivity index (χ4n) is 1.97. The van der Waals surface area contributed by atoms with Gasteiger partial charge in [0, 0.05) is 18.7 Å². The Kier molecular flexibility index (Phi) is 4.96. The molecular weight excluding hydrogens is 254 g/mol. The maximum absolute atomic E-state index is 11.5. The number of hydrogen-bond donors (Lipinski definition) is 0. The van der Waals surface area contributed by atoms with E-state index in [4.69, 9.17) is 9.15 Å². The molecule has 0 N–H and O–H groups in total. The number of rotatable bonds is 7. The van der Waals surface area contributed by atoms with Crippen molar-refractivity contribution in [3.63, 3.8) is 0 Å². The van der Waals surface area contributed by atoms with Gasteiger partial charge >= 0.3 is 0 Å². The minimum Gasteiger partial charge on any atom is -0.491 e. The Morgan fingerprint density at radius 1 is 1.30 bits per heavy atom. The van der Waals surface area contributed by atoms with Gasteiger partial charge in [0.1, 0.15) is 12.4 Å². The molecule has 20 heavy (non-hydrogen) atoms. The lowest BCUT2D eigenvalue weighted by atomic mass is 10.1. The number of para-hydroxylation sites is 1. The van der Waals surface area contributed by atoms with Crippen molar-refractivity contribution >= 4 is 5.78 Å². The monoisotopic (exact) mass is 273 g/mol. The maximum atomic E-state index is 11.5.